The first-order valence-corrected chi connectivity index (χ1v) is 8.08. The van der Waals surface area contributed by atoms with Crippen molar-refractivity contribution in [2.75, 3.05) is 13.1 Å². The number of likely N-dealkylation sites (tertiary alicyclic amines) is 1. The van der Waals surface area contributed by atoms with Crippen molar-refractivity contribution in [3.8, 4) is 0 Å². The van der Waals surface area contributed by atoms with Crippen LogP contribution < -0.4 is 16.0 Å². The smallest absolute Gasteiger partial charge is 0.322 e. The minimum absolute atomic E-state index is 0.0175. The number of hydrogen-bond acceptors (Lipinski definition) is 4. The van der Waals surface area contributed by atoms with Crippen LogP contribution in [0.2, 0.25) is 0 Å². The predicted molar refractivity (Wildman–Crippen MR) is 80.0 cm³/mol. The van der Waals surface area contributed by atoms with E-state index in [1.807, 2.05) is 6.92 Å². The fraction of sp³-hybridized carbons (Fsp3) is 0.800. The Morgan fingerprint density at radius 1 is 1.36 bits per heavy atom. The molecule has 1 saturated carbocycles. The van der Waals surface area contributed by atoms with Crippen molar-refractivity contribution in [2.24, 2.45) is 5.92 Å². The lowest BCUT2D eigenvalue weighted by Gasteiger charge is -2.41. The molecule has 2 heterocycles. The van der Waals surface area contributed by atoms with Crippen molar-refractivity contribution in [3.05, 3.63) is 0 Å². The van der Waals surface area contributed by atoms with Crippen LogP contribution in [0.1, 0.15) is 39.5 Å². The summed E-state index contributed by atoms with van der Waals surface area (Å²) in [4.78, 5) is 37.9. The van der Waals surface area contributed by atoms with Gasteiger partial charge in [-0.15, -0.1) is 0 Å². The maximum atomic E-state index is 12.2. The average molecular weight is 308 g/mol. The van der Waals surface area contributed by atoms with Gasteiger partial charge in [0, 0.05) is 18.5 Å². The molecule has 0 radical (unpaired) electrons. The summed E-state index contributed by atoms with van der Waals surface area (Å²) in [5.74, 6) is -0.184. The van der Waals surface area contributed by atoms with Crippen LogP contribution in [-0.2, 0) is 9.59 Å². The minimum atomic E-state index is -0.873. The Balaban J connectivity index is 1.64. The molecule has 3 N–H and O–H groups in total. The maximum absolute atomic E-state index is 12.2. The standard InChI is InChI=1S/C15H24N4O3/c1-9(12(20)16-11-5-6-11)19-7-3-4-10(8-19)15(2)13(21)17-14(22)18-15/h9-11H,3-8H2,1-2H3,(H,16,20)(H2,17,18,21,22)/t9-,10+,15-/m1/s1. The molecular formula is C15H24N4O3. The third-order valence-corrected chi connectivity index (χ3v) is 5.19. The van der Waals surface area contributed by atoms with Crippen LogP contribution in [0.4, 0.5) is 4.79 Å². The highest BCUT2D eigenvalue weighted by Crippen LogP contribution is 2.30. The Bertz CT molecular complexity index is 505. The second-order valence-corrected chi connectivity index (χ2v) is 6.90. The van der Waals surface area contributed by atoms with Crippen LogP contribution in [0.5, 0.6) is 0 Å². The van der Waals surface area contributed by atoms with Gasteiger partial charge in [0.25, 0.3) is 5.91 Å². The van der Waals surface area contributed by atoms with Gasteiger partial charge in [-0.05, 0) is 46.1 Å². The molecule has 4 amide bonds. The van der Waals surface area contributed by atoms with E-state index < -0.39 is 11.6 Å². The van der Waals surface area contributed by atoms with Crippen LogP contribution >= 0.6 is 0 Å². The van der Waals surface area contributed by atoms with Crippen molar-refractivity contribution >= 4 is 17.8 Å². The zero-order chi connectivity index (χ0) is 15.9. The van der Waals surface area contributed by atoms with E-state index in [0.717, 1.165) is 32.2 Å². The number of hydrogen-bond donors (Lipinski definition) is 3. The summed E-state index contributed by atoms with van der Waals surface area (Å²) in [5.41, 5.74) is -0.873. The lowest BCUT2D eigenvalue weighted by Crippen LogP contribution is -2.58. The molecular weight excluding hydrogens is 284 g/mol. The molecule has 3 rings (SSSR count). The fourth-order valence-electron chi connectivity index (χ4n) is 3.39. The Labute approximate surface area is 130 Å². The third-order valence-electron chi connectivity index (χ3n) is 5.19. The van der Waals surface area contributed by atoms with E-state index in [1.165, 1.54) is 0 Å². The first-order chi connectivity index (χ1) is 10.4. The van der Waals surface area contributed by atoms with Gasteiger partial charge in [0.1, 0.15) is 5.54 Å². The molecule has 3 fully saturated rings. The molecule has 0 unspecified atom stereocenters. The zero-order valence-corrected chi connectivity index (χ0v) is 13.1. The van der Waals surface area contributed by atoms with Gasteiger partial charge < -0.3 is 10.6 Å². The largest absolute Gasteiger partial charge is 0.352 e. The third kappa shape index (κ3) is 2.82. The van der Waals surface area contributed by atoms with Gasteiger partial charge in [0.2, 0.25) is 5.91 Å². The molecule has 3 aliphatic rings. The zero-order valence-electron chi connectivity index (χ0n) is 13.1. The summed E-state index contributed by atoms with van der Waals surface area (Å²) < 4.78 is 0. The number of imide groups is 1. The van der Waals surface area contributed by atoms with E-state index in [0.29, 0.717) is 12.6 Å². The van der Waals surface area contributed by atoms with E-state index in [9.17, 15) is 14.4 Å². The van der Waals surface area contributed by atoms with Crippen LogP contribution in [0, 0.1) is 5.92 Å². The Morgan fingerprint density at radius 2 is 2.09 bits per heavy atom. The highest BCUT2D eigenvalue weighted by atomic mass is 16.2. The number of urea groups is 1. The lowest BCUT2D eigenvalue weighted by molar-refractivity contribution is -0.128. The van der Waals surface area contributed by atoms with Gasteiger partial charge in [-0.2, -0.15) is 0 Å². The van der Waals surface area contributed by atoms with Crippen molar-refractivity contribution < 1.29 is 14.4 Å². The van der Waals surface area contributed by atoms with Crippen molar-refractivity contribution in [3.63, 3.8) is 0 Å². The summed E-state index contributed by atoms with van der Waals surface area (Å²) >= 11 is 0. The van der Waals surface area contributed by atoms with Gasteiger partial charge in [-0.3, -0.25) is 19.8 Å². The summed E-state index contributed by atoms with van der Waals surface area (Å²) in [5, 5.41) is 8.10. The van der Waals surface area contributed by atoms with E-state index in [2.05, 4.69) is 20.9 Å². The Kier molecular flexibility index (Phi) is 3.84. The van der Waals surface area contributed by atoms with Gasteiger partial charge in [-0.25, -0.2) is 4.79 Å². The topological polar surface area (TPSA) is 90.5 Å². The molecule has 0 aromatic rings. The van der Waals surface area contributed by atoms with Crippen LogP contribution in [0.15, 0.2) is 0 Å². The summed E-state index contributed by atoms with van der Waals surface area (Å²) in [6.07, 6.45) is 3.94. The Morgan fingerprint density at radius 3 is 2.68 bits per heavy atom. The molecule has 7 heteroatoms. The van der Waals surface area contributed by atoms with E-state index in [-0.39, 0.29) is 23.8 Å². The summed E-state index contributed by atoms with van der Waals surface area (Å²) in [6, 6.07) is -0.274. The molecule has 122 valence electrons. The molecule has 2 aliphatic heterocycles. The van der Waals surface area contributed by atoms with Crippen LogP contribution in [0.3, 0.4) is 0 Å². The molecule has 0 spiro atoms. The van der Waals surface area contributed by atoms with Crippen LogP contribution in [-0.4, -0.2) is 53.5 Å². The molecule has 0 aromatic carbocycles. The molecule has 0 aromatic heterocycles. The van der Waals surface area contributed by atoms with Crippen LogP contribution in [0.25, 0.3) is 0 Å². The quantitative estimate of drug-likeness (QED) is 0.636. The summed E-state index contributed by atoms with van der Waals surface area (Å²) in [6.45, 7) is 5.18. The van der Waals surface area contributed by atoms with E-state index in [4.69, 9.17) is 0 Å². The monoisotopic (exact) mass is 308 g/mol. The van der Waals surface area contributed by atoms with Gasteiger partial charge in [0.05, 0.1) is 6.04 Å². The normalized spacial score (nSPS) is 34.0. The Hall–Kier alpha value is -1.63. The van der Waals surface area contributed by atoms with E-state index in [1.54, 1.807) is 6.92 Å². The number of nitrogens with zero attached hydrogens (tertiary/aromatic N) is 1. The fourth-order valence-corrected chi connectivity index (χ4v) is 3.39. The molecule has 7 nitrogen and oxygen atoms in total. The van der Waals surface area contributed by atoms with Crippen molar-refractivity contribution in [1.29, 1.82) is 0 Å². The molecule has 3 atom stereocenters. The number of nitrogens with one attached hydrogen (secondary N) is 3. The SMILES string of the molecule is C[C@H](C(=O)NC1CC1)N1CCC[C@H]([C@@]2(C)NC(=O)NC2=O)C1. The number of carbonyl (C=O) groups is 3. The molecule has 1 aliphatic carbocycles. The van der Waals surface area contributed by atoms with Gasteiger partial charge in [-0.1, -0.05) is 0 Å². The predicted octanol–water partition coefficient (Wildman–Crippen LogP) is -0.0364. The number of carbonyl (C=O) groups excluding carboxylic acids is 3. The van der Waals surface area contributed by atoms with Gasteiger partial charge >= 0.3 is 6.03 Å². The average Bonchev–Trinajstić information content (AvgIpc) is 3.25. The maximum Gasteiger partial charge on any atom is 0.322 e. The first kappa shape index (κ1) is 15.3. The molecule has 22 heavy (non-hydrogen) atoms. The lowest BCUT2D eigenvalue weighted by atomic mass is 9.79. The number of rotatable bonds is 4. The number of piperidine rings is 1. The van der Waals surface area contributed by atoms with Crippen molar-refractivity contribution in [2.45, 2.75) is 57.2 Å². The highest BCUT2D eigenvalue weighted by Gasteiger charge is 2.49. The molecule has 0 bridgehead atoms. The van der Waals surface area contributed by atoms with Crippen molar-refractivity contribution in [1.82, 2.24) is 20.9 Å². The second kappa shape index (κ2) is 5.53. The number of amides is 4. The van der Waals surface area contributed by atoms with E-state index >= 15 is 0 Å². The summed E-state index contributed by atoms with van der Waals surface area (Å²) in [7, 11) is 0. The minimum Gasteiger partial charge on any atom is -0.352 e. The van der Waals surface area contributed by atoms with Gasteiger partial charge in [0.15, 0.2) is 0 Å². The highest BCUT2D eigenvalue weighted by molar-refractivity contribution is 6.07. The molecule has 2 saturated heterocycles. The first-order valence-electron chi connectivity index (χ1n) is 8.08. The second-order valence-electron chi connectivity index (χ2n) is 6.90.